The zero-order chi connectivity index (χ0) is 17.4. The molecule has 0 heterocycles. The van der Waals surface area contributed by atoms with Gasteiger partial charge in [0.25, 0.3) is 0 Å². The third kappa shape index (κ3) is 73.8. The second-order valence-corrected chi connectivity index (χ2v) is 7.22. The molecule has 16 heteroatoms. The summed E-state index contributed by atoms with van der Waals surface area (Å²) in [5.41, 5.74) is 19.6. The molecule has 0 aliphatic rings. The van der Waals surface area contributed by atoms with E-state index in [0.717, 1.165) is 0 Å². The number of hydrogen-bond donors (Lipinski definition) is 4. The first-order valence-electron chi connectivity index (χ1n) is 6.36. The first kappa shape index (κ1) is 47.1. The molecule has 0 spiro atoms. The van der Waals surface area contributed by atoms with Crippen LogP contribution in [0, 0.1) is 0 Å². The van der Waals surface area contributed by atoms with Crippen molar-refractivity contribution < 1.29 is 147 Å². The second kappa shape index (κ2) is 32.8. The molecule has 8 N–H and O–H groups in total. The van der Waals surface area contributed by atoms with E-state index in [-0.39, 0.29) is 137 Å². The van der Waals surface area contributed by atoms with Crippen LogP contribution in [0.4, 0.5) is 0 Å². The molecular weight excluding hydrogens is 414 g/mol. The topological polar surface area (TPSA) is 230 Å². The molecule has 0 saturated carbocycles. The Morgan fingerprint density at radius 3 is 0.840 bits per heavy atom. The van der Waals surface area contributed by atoms with Gasteiger partial charge >= 0.3 is 118 Å². The fourth-order valence-corrected chi connectivity index (χ4v) is 2.01. The van der Waals surface area contributed by atoms with E-state index in [1.807, 2.05) is 0 Å². The van der Waals surface area contributed by atoms with Crippen LogP contribution in [0.1, 0.15) is 19.3 Å². The summed E-state index contributed by atoms with van der Waals surface area (Å²) in [6.07, 6.45) is -0.457. The van der Waals surface area contributed by atoms with Crippen molar-refractivity contribution in [1.82, 2.24) is 0 Å². The van der Waals surface area contributed by atoms with Crippen LogP contribution in [0.25, 0.3) is 0 Å². The van der Waals surface area contributed by atoms with Gasteiger partial charge in [-0.05, 0) is 25.2 Å². The molecule has 132 valence electrons. The number of rotatable bonds is 8. The molecule has 0 aliphatic heterocycles. The first-order chi connectivity index (χ1) is 9.54. The van der Waals surface area contributed by atoms with Gasteiger partial charge in [-0.2, -0.15) is 0 Å². The van der Waals surface area contributed by atoms with Crippen molar-refractivity contribution in [2.75, 3.05) is 38.5 Å². The predicted octanol–water partition coefficient (Wildman–Crippen LogP) is -16.2. The molecular formula is C9H26N4Na4O6P2. The molecule has 0 rings (SSSR count). The van der Waals surface area contributed by atoms with E-state index in [9.17, 15) is 28.7 Å². The Kier molecular flexibility index (Phi) is 61.8. The van der Waals surface area contributed by atoms with E-state index in [1.165, 1.54) is 0 Å². The second-order valence-electron chi connectivity index (χ2n) is 3.88. The Morgan fingerprint density at radius 1 is 0.520 bits per heavy atom. The normalized spacial score (nSPS) is 9.28. The Balaban J connectivity index is -0.0000000463. The Hall–Kier alpha value is 4.14. The Bertz CT molecular complexity index is 280. The van der Waals surface area contributed by atoms with Crippen molar-refractivity contribution in [2.45, 2.75) is 19.3 Å². The maximum absolute atomic E-state index is 10.1. The van der Waals surface area contributed by atoms with E-state index < -0.39 is 27.5 Å². The van der Waals surface area contributed by atoms with Crippen LogP contribution in [-0.4, -0.2) is 38.5 Å². The fourth-order valence-electron chi connectivity index (χ4n) is 0.788. The van der Waals surface area contributed by atoms with Crippen molar-refractivity contribution in [3.05, 3.63) is 0 Å². The summed E-state index contributed by atoms with van der Waals surface area (Å²) in [5, 5.41) is 0. The van der Waals surface area contributed by atoms with Gasteiger partial charge in [0, 0.05) is 26.2 Å². The van der Waals surface area contributed by atoms with Crippen molar-refractivity contribution >= 4 is 15.2 Å². The Morgan fingerprint density at radius 2 is 0.720 bits per heavy atom. The molecule has 0 aromatic heterocycles. The quantitative estimate of drug-likeness (QED) is 0.158. The molecule has 0 aliphatic carbocycles. The Labute approximate surface area is 239 Å². The standard InChI is InChI=1S/C5H14O6P2.2C2H8N2.4Na/c6-12(7,8)4-2-1-3-5-13(9,10)11;2*3-1-2-4;;;;/h1-5H2,(H2,6,7,8)(H2,9,10,11);2*1-4H2;;;;/q;;;4*+1/p-4. The minimum Gasteiger partial charge on any atom is -0.811 e. The van der Waals surface area contributed by atoms with Gasteiger partial charge in [-0.25, -0.2) is 0 Å². The molecule has 0 bridgehead atoms. The minimum atomic E-state index is -4.47. The fraction of sp³-hybridized carbons (Fsp3) is 1.00. The van der Waals surface area contributed by atoms with Crippen LogP contribution in [0.5, 0.6) is 0 Å². The van der Waals surface area contributed by atoms with Crippen LogP contribution in [0.15, 0.2) is 0 Å². The van der Waals surface area contributed by atoms with Gasteiger partial charge in [-0.3, -0.25) is 0 Å². The molecule has 0 aromatic carbocycles. The maximum atomic E-state index is 10.1. The molecule has 0 fully saturated rings. The molecule has 0 saturated heterocycles. The van der Waals surface area contributed by atoms with E-state index in [4.69, 9.17) is 22.9 Å². The zero-order valence-electron chi connectivity index (χ0n) is 16.0. The van der Waals surface area contributed by atoms with Crippen molar-refractivity contribution in [2.24, 2.45) is 22.9 Å². The molecule has 0 amide bonds. The summed E-state index contributed by atoms with van der Waals surface area (Å²) < 4.78 is 20.2. The average Bonchev–Trinajstić information content (AvgIpc) is 2.36. The van der Waals surface area contributed by atoms with E-state index >= 15 is 0 Å². The third-order valence-electron chi connectivity index (χ3n) is 1.70. The SMILES string of the molecule is NCCN.NCCN.O=P([O-])([O-])CCCCCP(=O)([O-])[O-].[Na+].[Na+].[Na+].[Na+]. The maximum Gasteiger partial charge on any atom is 1.00 e. The first-order valence-corrected chi connectivity index (χ1v) is 9.82. The summed E-state index contributed by atoms with van der Waals surface area (Å²) in [6.45, 7) is 2.39. The summed E-state index contributed by atoms with van der Waals surface area (Å²) in [4.78, 5) is 40.3. The van der Waals surface area contributed by atoms with Crippen LogP contribution in [-0.2, 0) is 9.13 Å². The monoisotopic (exact) mass is 440 g/mol. The minimum absolute atomic E-state index is 0. The third-order valence-corrected chi connectivity index (χ3v) is 3.43. The molecule has 10 nitrogen and oxygen atoms in total. The molecule has 0 aromatic rings. The van der Waals surface area contributed by atoms with Gasteiger partial charge in [-0.1, -0.05) is 21.6 Å². The summed E-state index contributed by atoms with van der Waals surface area (Å²) in [5.74, 6) is 0. The van der Waals surface area contributed by atoms with Gasteiger partial charge in [0.2, 0.25) is 0 Å². The van der Waals surface area contributed by atoms with E-state index in [0.29, 0.717) is 26.2 Å². The van der Waals surface area contributed by atoms with Gasteiger partial charge < -0.3 is 51.6 Å². The summed E-state index contributed by atoms with van der Waals surface area (Å²) >= 11 is 0. The molecule has 0 atom stereocenters. The summed E-state index contributed by atoms with van der Waals surface area (Å²) in [6, 6.07) is 0. The van der Waals surface area contributed by atoms with E-state index in [1.54, 1.807) is 0 Å². The number of hydrogen-bond acceptors (Lipinski definition) is 10. The molecule has 0 unspecified atom stereocenters. The van der Waals surface area contributed by atoms with Gasteiger partial charge in [0.05, 0.1) is 0 Å². The van der Waals surface area contributed by atoms with Gasteiger partial charge in [0.1, 0.15) is 0 Å². The van der Waals surface area contributed by atoms with Gasteiger partial charge in [-0.15, -0.1) is 0 Å². The van der Waals surface area contributed by atoms with Gasteiger partial charge in [0.15, 0.2) is 0 Å². The average molecular weight is 440 g/mol. The number of unbranched alkanes of at least 4 members (excludes halogenated alkanes) is 2. The van der Waals surface area contributed by atoms with Crippen molar-refractivity contribution in [3.63, 3.8) is 0 Å². The molecule has 25 heavy (non-hydrogen) atoms. The van der Waals surface area contributed by atoms with Crippen LogP contribution in [0.2, 0.25) is 0 Å². The largest absolute Gasteiger partial charge is 1.00 e. The molecule has 0 radical (unpaired) electrons. The van der Waals surface area contributed by atoms with Crippen LogP contribution < -0.4 is 161 Å². The number of nitrogens with two attached hydrogens (primary N) is 4. The van der Waals surface area contributed by atoms with Crippen molar-refractivity contribution in [1.29, 1.82) is 0 Å². The summed E-state index contributed by atoms with van der Waals surface area (Å²) in [7, 11) is -8.94. The zero-order valence-corrected chi connectivity index (χ0v) is 25.8. The predicted molar refractivity (Wildman–Crippen MR) is 75.0 cm³/mol. The smallest absolute Gasteiger partial charge is 0.811 e. The van der Waals surface area contributed by atoms with E-state index in [2.05, 4.69) is 0 Å². The van der Waals surface area contributed by atoms with Crippen LogP contribution in [0.3, 0.4) is 0 Å². The van der Waals surface area contributed by atoms with Crippen LogP contribution >= 0.6 is 15.2 Å². The van der Waals surface area contributed by atoms with Crippen molar-refractivity contribution in [3.8, 4) is 0 Å².